The number of aryl methyl sites for hydroxylation is 1. The zero-order chi connectivity index (χ0) is 20.4. The summed E-state index contributed by atoms with van der Waals surface area (Å²) in [5, 5.41) is 11.4. The quantitative estimate of drug-likeness (QED) is 0.375. The van der Waals surface area contributed by atoms with E-state index in [1.807, 2.05) is 43.3 Å². The molecule has 0 saturated heterocycles. The van der Waals surface area contributed by atoms with E-state index in [0.29, 0.717) is 22.4 Å². The second kappa shape index (κ2) is 7.52. The maximum Gasteiger partial charge on any atom is 0.269 e. The van der Waals surface area contributed by atoms with E-state index in [0.717, 1.165) is 11.1 Å². The van der Waals surface area contributed by atoms with Crippen LogP contribution in [-0.2, 0) is 0 Å². The van der Waals surface area contributed by atoms with Gasteiger partial charge in [-0.2, -0.15) is 0 Å². The summed E-state index contributed by atoms with van der Waals surface area (Å²) in [4.78, 5) is 28.3. The van der Waals surface area contributed by atoms with Crippen molar-refractivity contribution in [1.82, 2.24) is 9.55 Å². The van der Waals surface area contributed by atoms with Crippen LogP contribution in [0.1, 0.15) is 17.0 Å². The van der Waals surface area contributed by atoms with Crippen molar-refractivity contribution in [2.45, 2.75) is 6.92 Å². The lowest BCUT2D eigenvalue weighted by Gasteiger charge is -2.11. The highest BCUT2D eigenvalue weighted by Gasteiger charge is 2.12. The molecule has 0 spiro atoms. The zero-order valence-corrected chi connectivity index (χ0v) is 15.6. The lowest BCUT2D eigenvalue weighted by atomic mass is 10.1. The first-order chi connectivity index (χ1) is 14.0. The SMILES string of the molecule is Cc1cccc(/C=C/c2nc3ccccc3c(=O)n2-c2ccc([N+](=O)[O-])cc2)c1. The van der Waals surface area contributed by atoms with Gasteiger partial charge in [-0.3, -0.25) is 19.5 Å². The average molecular weight is 383 g/mol. The largest absolute Gasteiger partial charge is 0.269 e. The van der Waals surface area contributed by atoms with Crippen molar-refractivity contribution in [3.8, 4) is 5.69 Å². The third-order valence-electron chi connectivity index (χ3n) is 4.59. The van der Waals surface area contributed by atoms with Gasteiger partial charge in [-0.05, 0) is 42.8 Å². The topological polar surface area (TPSA) is 78.0 Å². The van der Waals surface area contributed by atoms with Crippen molar-refractivity contribution >= 4 is 28.7 Å². The van der Waals surface area contributed by atoms with Gasteiger partial charge in [-0.15, -0.1) is 0 Å². The maximum absolute atomic E-state index is 13.2. The summed E-state index contributed by atoms with van der Waals surface area (Å²) < 4.78 is 1.47. The standard InChI is InChI=1S/C23H17N3O3/c1-16-5-4-6-17(15-16)9-14-22-24-21-8-3-2-7-20(21)23(27)25(22)18-10-12-19(13-11-18)26(28)29/h2-15H,1H3/b14-9+. The lowest BCUT2D eigenvalue weighted by molar-refractivity contribution is -0.384. The Morgan fingerprint density at radius 1 is 0.966 bits per heavy atom. The number of hydrogen-bond donors (Lipinski definition) is 0. The highest BCUT2D eigenvalue weighted by molar-refractivity contribution is 5.80. The number of fused-ring (bicyclic) bond motifs is 1. The predicted octanol–water partition coefficient (Wildman–Crippen LogP) is 4.77. The van der Waals surface area contributed by atoms with Gasteiger partial charge in [0.15, 0.2) is 0 Å². The van der Waals surface area contributed by atoms with Gasteiger partial charge in [0.05, 0.1) is 21.5 Å². The second-order valence-electron chi connectivity index (χ2n) is 6.65. The molecule has 0 aliphatic carbocycles. The minimum Gasteiger partial charge on any atom is -0.268 e. The first-order valence-electron chi connectivity index (χ1n) is 9.04. The summed E-state index contributed by atoms with van der Waals surface area (Å²) in [7, 11) is 0. The highest BCUT2D eigenvalue weighted by Crippen LogP contribution is 2.18. The van der Waals surface area contributed by atoms with E-state index in [1.54, 1.807) is 36.4 Å². The Morgan fingerprint density at radius 3 is 2.45 bits per heavy atom. The fourth-order valence-electron chi connectivity index (χ4n) is 3.18. The molecule has 4 rings (SSSR count). The monoisotopic (exact) mass is 383 g/mol. The minimum atomic E-state index is -0.469. The first-order valence-corrected chi connectivity index (χ1v) is 9.04. The first kappa shape index (κ1) is 18.3. The number of aromatic nitrogens is 2. The molecule has 6 nitrogen and oxygen atoms in total. The van der Waals surface area contributed by atoms with Gasteiger partial charge in [-0.25, -0.2) is 4.98 Å². The molecule has 0 atom stereocenters. The van der Waals surface area contributed by atoms with Gasteiger partial charge in [0, 0.05) is 12.1 Å². The van der Waals surface area contributed by atoms with Crippen molar-refractivity contribution in [3.63, 3.8) is 0 Å². The van der Waals surface area contributed by atoms with E-state index in [9.17, 15) is 14.9 Å². The number of para-hydroxylation sites is 1. The number of rotatable bonds is 4. The molecule has 0 radical (unpaired) electrons. The molecule has 0 aliphatic rings. The average Bonchev–Trinajstić information content (AvgIpc) is 2.72. The molecule has 0 bridgehead atoms. The van der Waals surface area contributed by atoms with Crippen LogP contribution in [0, 0.1) is 17.0 Å². The maximum atomic E-state index is 13.2. The summed E-state index contributed by atoms with van der Waals surface area (Å²) in [5.74, 6) is 0.448. The van der Waals surface area contributed by atoms with Gasteiger partial charge in [0.25, 0.3) is 11.2 Å². The number of nitrogens with zero attached hydrogens (tertiary/aromatic N) is 3. The van der Waals surface area contributed by atoms with E-state index in [1.165, 1.54) is 16.7 Å². The predicted molar refractivity (Wildman–Crippen MR) is 114 cm³/mol. The van der Waals surface area contributed by atoms with Crippen LogP contribution in [0.15, 0.2) is 77.6 Å². The number of non-ortho nitro benzene ring substituents is 1. The zero-order valence-electron chi connectivity index (χ0n) is 15.6. The Morgan fingerprint density at radius 2 is 1.72 bits per heavy atom. The highest BCUT2D eigenvalue weighted by atomic mass is 16.6. The summed E-state index contributed by atoms with van der Waals surface area (Å²) in [6, 6.07) is 21.0. The molecule has 142 valence electrons. The molecule has 1 aromatic heterocycles. The Kier molecular flexibility index (Phi) is 4.75. The Labute approximate surface area is 166 Å². The van der Waals surface area contributed by atoms with Gasteiger partial charge < -0.3 is 0 Å². The Balaban J connectivity index is 1.91. The van der Waals surface area contributed by atoms with Gasteiger partial charge in [0.2, 0.25) is 0 Å². The van der Waals surface area contributed by atoms with Crippen LogP contribution in [0.2, 0.25) is 0 Å². The number of nitro benzene ring substituents is 1. The third-order valence-corrected chi connectivity index (χ3v) is 4.59. The Hall–Kier alpha value is -4.06. The number of nitro groups is 1. The van der Waals surface area contributed by atoms with Crippen LogP contribution in [0.25, 0.3) is 28.7 Å². The number of benzene rings is 3. The molecule has 0 saturated carbocycles. The summed E-state index contributed by atoms with van der Waals surface area (Å²) >= 11 is 0. The van der Waals surface area contributed by atoms with Gasteiger partial charge >= 0.3 is 0 Å². The van der Waals surface area contributed by atoms with E-state index >= 15 is 0 Å². The van der Waals surface area contributed by atoms with Crippen molar-refractivity contribution < 1.29 is 4.92 Å². The molecule has 4 aromatic rings. The molecule has 29 heavy (non-hydrogen) atoms. The molecule has 1 heterocycles. The Bertz CT molecular complexity index is 1310. The molecule has 0 fully saturated rings. The fourth-order valence-corrected chi connectivity index (χ4v) is 3.18. The minimum absolute atomic E-state index is 0.0348. The molecule has 0 aliphatic heterocycles. The van der Waals surface area contributed by atoms with E-state index in [-0.39, 0.29) is 11.2 Å². The summed E-state index contributed by atoms with van der Waals surface area (Å²) in [5.41, 5.74) is 2.97. The normalized spacial score (nSPS) is 11.2. The van der Waals surface area contributed by atoms with Crippen molar-refractivity contribution in [3.05, 3.63) is 110 Å². The molecule has 0 N–H and O–H groups in total. The molecule has 0 amide bonds. The van der Waals surface area contributed by atoms with Gasteiger partial charge in [-0.1, -0.05) is 48.0 Å². The van der Waals surface area contributed by atoms with Gasteiger partial charge in [0.1, 0.15) is 5.82 Å². The molecule has 3 aromatic carbocycles. The summed E-state index contributed by atoms with van der Waals surface area (Å²) in [6.07, 6.45) is 3.68. The molecular formula is C23H17N3O3. The molecular weight excluding hydrogens is 366 g/mol. The van der Waals surface area contributed by atoms with Crippen LogP contribution in [0.3, 0.4) is 0 Å². The van der Waals surface area contributed by atoms with Crippen LogP contribution in [0.4, 0.5) is 5.69 Å². The van der Waals surface area contributed by atoms with Crippen molar-refractivity contribution in [1.29, 1.82) is 0 Å². The van der Waals surface area contributed by atoms with Crippen LogP contribution in [-0.4, -0.2) is 14.5 Å². The van der Waals surface area contributed by atoms with Crippen molar-refractivity contribution in [2.24, 2.45) is 0 Å². The van der Waals surface area contributed by atoms with Crippen LogP contribution < -0.4 is 5.56 Å². The summed E-state index contributed by atoms with van der Waals surface area (Å²) in [6.45, 7) is 2.01. The second-order valence-corrected chi connectivity index (χ2v) is 6.65. The third kappa shape index (κ3) is 3.68. The van der Waals surface area contributed by atoms with Crippen LogP contribution >= 0.6 is 0 Å². The number of hydrogen-bond acceptors (Lipinski definition) is 4. The van der Waals surface area contributed by atoms with Crippen LogP contribution in [0.5, 0.6) is 0 Å². The smallest absolute Gasteiger partial charge is 0.268 e. The van der Waals surface area contributed by atoms with E-state index < -0.39 is 4.92 Å². The van der Waals surface area contributed by atoms with E-state index in [2.05, 4.69) is 4.98 Å². The van der Waals surface area contributed by atoms with Crippen molar-refractivity contribution in [2.75, 3.05) is 0 Å². The lowest BCUT2D eigenvalue weighted by Crippen LogP contribution is -2.22. The molecule has 6 heteroatoms. The fraction of sp³-hybridized carbons (Fsp3) is 0.0435. The molecule has 0 unspecified atom stereocenters. The van der Waals surface area contributed by atoms with E-state index in [4.69, 9.17) is 0 Å².